The van der Waals surface area contributed by atoms with Crippen molar-refractivity contribution in [2.45, 2.75) is 32.2 Å². The summed E-state index contributed by atoms with van der Waals surface area (Å²) in [5, 5.41) is 12.6. The first kappa shape index (κ1) is 12.0. The average molecular weight is 237 g/mol. The zero-order valence-electron chi connectivity index (χ0n) is 9.91. The molecule has 0 aliphatic carbocycles. The van der Waals surface area contributed by atoms with Gasteiger partial charge in [0, 0.05) is 6.42 Å². The Hall–Kier alpha value is -1.43. The summed E-state index contributed by atoms with van der Waals surface area (Å²) in [4.78, 5) is 15.5. The number of nitrogens with one attached hydrogen (secondary N) is 3. The van der Waals surface area contributed by atoms with Crippen molar-refractivity contribution in [2.75, 3.05) is 13.1 Å². The third-order valence-corrected chi connectivity index (χ3v) is 3.16. The molecule has 1 aromatic heterocycles. The van der Waals surface area contributed by atoms with Gasteiger partial charge in [-0.2, -0.15) is 5.10 Å². The van der Waals surface area contributed by atoms with E-state index in [0.29, 0.717) is 24.7 Å². The van der Waals surface area contributed by atoms with Gasteiger partial charge in [-0.25, -0.2) is 4.98 Å². The molecule has 1 amide bonds. The Balaban J connectivity index is 1.60. The number of aromatic amines is 1. The van der Waals surface area contributed by atoms with Gasteiger partial charge in [-0.05, 0) is 38.3 Å². The molecule has 1 aliphatic rings. The van der Waals surface area contributed by atoms with Gasteiger partial charge in [0.2, 0.25) is 5.91 Å². The molecule has 2 heterocycles. The summed E-state index contributed by atoms with van der Waals surface area (Å²) in [5.41, 5.74) is 0. The smallest absolute Gasteiger partial charge is 0.220 e. The van der Waals surface area contributed by atoms with Crippen LogP contribution in [0.5, 0.6) is 0 Å². The topological polar surface area (TPSA) is 82.7 Å². The SMILES string of the molecule is O=C(CCC1CCNCC1)NCc1ncn[nH]1. The molecular weight excluding hydrogens is 218 g/mol. The molecule has 2 rings (SSSR count). The van der Waals surface area contributed by atoms with E-state index in [1.807, 2.05) is 0 Å². The van der Waals surface area contributed by atoms with E-state index < -0.39 is 0 Å². The predicted molar refractivity (Wildman–Crippen MR) is 63.1 cm³/mol. The molecular formula is C11H19N5O. The molecule has 6 heteroatoms. The monoisotopic (exact) mass is 237 g/mol. The molecule has 0 bridgehead atoms. The summed E-state index contributed by atoms with van der Waals surface area (Å²) >= 11 is 0. The van der Waals surface area contributed by atoms with Gasteiger partial charge in [0.1, 0.15) is 12.2 Å². The Morgan fingerprint density at radius 1 is 1.47 bits per heavy atom. The molecule has 17 heavy (non-hydrogen) atoms. The number of aromatic nitrogens is 3. The highest BCUT2D eigenvalue weighted by molar-refractivity contribution is 5.75. The fourth-order valence-corrected chi connectivity index (χ4v) is 2.09. The van der Waals surface area contributed by atoms with Crippen LogP contribution in [0.1, 0.15) is 31.5 Å². The zero-order chi connectivity index (χ0) is 11.9. The van der Waals surface area contributed by atoms with Crippen molar-refractivity contribution in [3.05, 3.63) is 12.2 Å². The highest BCUT2D eigenvalue weighted by Crippen LogP contribution is 2.17. The van der Waals surface area contributed by atoms with Crippen LogP contribution in [0.3, 0.4) is 0 Å². The Morgan fingerprint density at radius 3 is 3.00 bits per heavy atom. The quantitative estimate of drug-likeness (QED) is 0.683. The zero-order valence-corrected chi connectivity index (χ0v) is 9.91. The van der Waals surface area contributed by atoms with Gasteiger partial charge >= 0.3 is 0 Å². The number of amides is 1. The number of H-pyrrole nitrogens is 1. The third-order valence-electron chi connectivity index (χ3n) is 3.16. The molecule has 0 saturated carbocycles. The summed E-state index contributed by atoms with van der Waals surface area (Å²) in [6.45, 7) is 2.61. The minimum absolute atomic E-state index is 0.0972. The molecule has 0 radical (unpaired) electrons. The second-order valence-corrected chi connectivity index (χ2v) is 4.44. The van der Waals surface area contributed by atoms with Crippen molar-refractivity contribution in [2.24, 2.45) is 5.92 Å². The number of carbonyl (C=O) groups excluding carboxylic acids is 1. The summed E-state index contributed by atoms with van der Waals surface area (Å²) in [7, 11) is 0. The second kappa shape index (κ2) is 6.34. The molecule has 1 saturated heterocycles. The first-order chi connectivity index (χ1) is 8.34. The predicted octanol–water partition coefficient (Wildman–Crippen LogP) is 0.201. The Kier molecular flexibility index (Phi) is 4.49. The lowest BCUT2D eigenvalue weighted by Crippen LogP contribution is -2.29. The maximum atomic E-state index is 11.6. The number of rotatable bonds is 5. The highest BCUT2D eigenvalue weighted by atomic mass is 16.1. The van der Waals surface area contributed by atoms with Crippen molar-refractivity contribution < 1.29 is 4.79 Å². The lowest BCUT2D eigenvalue weighted by atomic mass is 9.93. The summed E-state index contributed by atoms with van der Waals surface area (Å²) in [6.07, 6.45) is 5.42. The van der Waals surface area contributed by atoms with E-state index in [1.54, 1.807) is 0 Å². The lowest BCUT2D eigenvalue weighted by Gasteiger charge is -2.22. The van der Waals surface area contributed by atoms with Gasteiger partial charge in [0.15, 0.2) is 0 Å². The van der Waals surface area contributed by atoms with Crippen molar-refractivity contribution in [3.8, 4) is 0 Å². The van der Waals surface area contributed by atoms with E-state index >= 15 is 0 Å². The second-order valence-electron chi connectivity index (χ2n) is 4.44. The minimum Gasteiger partial charge on any atom is -0.349 e. The molecule has 0 unspecified atom stereocenters. The number of hydrogen-bond donors (Lipinski definition) is 3. The number of carbonyl (C=O) groups is 1. The third kappa shape index (κ3) is 4.14. The Labute approximate surface area is 101 Å². The molecule has 0 spiro atoms. The van der Waals surface area contributed by atoms with Crippen LogP contribution in [-0.2, 0) is 11.3 Å². The van der Waals surface area contributed by atoms with E-state index in [0.717, 1.165) is 19.5 Å². The van der Waals surface area contributed by atoms with Crippen molar-refractivity contribution in [1.82, 2.24) is 25.8 Å². The summed E-state index contributed by atoms with van der Waals surface area (Å²) in [5.74, 6) is 1.49. The molecule has 94 valence electrons. The molecule has 6 nitrogen and oxygen atoms in total. The van der Waals surface area contributed by atoms with Crippen LogP contribution < -0.4 is 10.6 Å². The van der Waals surface area contributed by atoms with Crippen LogP contribution in [-0.4, -0.2) is 34.2 Å². The maximum absolute atomic E-state index is 11.6. The summed E-state index contributed by atoms with van der Waals surface area (Å²) < 4.78 is 0. The fourth-order valence-electron chi connectivity index (χ4n) is 2.09. The number of hydrogen-bond acceptors (Lipinski definition) is 4. The van der Waals surface area contributed by atoms with Crippen LogP contribution in [0.4, 0.5) is 0 Å². The molecule has 1 fully saturated rings. The van der Waals surface area contributed by atoms with Gasteiger partial charge in [0.25, 0.3) is 0 Å². The van der Waals surface area contributed by atoms with Gasteiger partial charge in [-0.15, -0.1) is 0 Å². The standard InChI is InChI=1S/C11H19N5O/c17-11(13-7-10-14-8-15-16-10)2-1-9-3-5-12-6-4-9/h8-9,12H,1-7H2,(H,13,17)(H,14,15,16). The van der Waals surface area contributed by atoms with E-state index in [-0.39, 0.29) is 5.91 Å². The van der Waals surface area contributed by atoms with E-state index in [9.17, 15) is 4.79 Å². The van der Waals surface area contributed by atoms with Crippen LogP contribution in [0.15, 0.2) is 6.33 Å². The molecule has 1 aliphatic heterocycles. The van der Waals surface area contributed by atoms with Crippen molar-refractivity contribution in [3.63, 3.8) is 0 Å². The van der Waals surface area contributed by atoms with Gasteiger partial charge in [-0.3, -0.25) is 9.89 Å². The lowest BCUT2D eigenvalue weighted by molar-refractivity contribution is -0.121. The first-order valence-corrected chi connectivity index (χ1v) is 6.16. The van der Waals surface area contributed by atoms with Crippen LogP contribution in [0.2, 0.25) is 0 Å². The van der Waals surface area contributed by atoms with E-state index in [1.165, 1.54) is 19.2 Å². The highest BCUT2D eigenvalue weighted by Gasteiger charge is 2.14. The molecule has 0 aromatic carbocycles. The molecule has 0 atom stereocenters. The van der Waals surface area contributed by atoms with Crippen LogP contribution >= 0.6 is 0 Å². The average Bonchev–Trinajstić information content (AvgIpc) is 2.88. The van der Waals surface area contributed by atoms with Gasteiger partial charge in [-0.1, -0.05) is 0 Å². The normalized spacial score (nSPS) is 16.9. The summed E-state index contributed by atoms with van der Waals surface area (Å²) in [6, 6.07) is 0. The van der Waals surface area contributed by atoms with Crippen LogP contribution in [0, 0.1) is 5.92 Å². The van der Waals surface area contributed by atoms with E-state index in [4.69, 9.17) is 0 Å². The van der Waals surface area contributed by atoms with Crippen molar-refractivity contribution in [1.29, 1.82) is 0 Å². The molecule has 3 N–H and O–H groups in total. The fraction of sp³-hybridized carbons (Fsp3) is 0.727. The maximum Gasteiger partial charge on any atom is 0.220 e. The number of piperidine rings is 1. The van der Waals surface area contributed by atoms with Crippen LogP contribution in [0.25, 0.3) is 0 Å². The number of nitrogens with zero attached hydrogens (tertiary/aromatic N) is 2. The van der Waals surface area contributed by atoms with Crippen molar-refractivity contribution >= 4 is 5.91 Å². The Bertz CT molecular complexity index is 332. The van der Waals surface area contributed by atoms with Gasteiger partial charge in [0.05, 0.1) is 6.54 Å². The van der Waals surface area contributed by atoms with Gasteiger partial charge < -0.3 is 10.6 Å². The van der Waals surface area contributed by atoms with E-state index in [2.05, 4.69) is 25.8 Å². The largest absolute Gasteiger partial charge is 0.349 e. The molecule has 1 aromatic rings. The minimum atomic E-state index is 0.0972. The Morgan fingerprint density at radius 2 is 2.29 bits per heavy atom. The first-order valence-electron chi connectivity index (χ1n) is 6.16.